The van der Waals surface area contributed by atoms with Gasteiger partial charge in [0.25, 0.3) is 0 Å². The molecule has 0 saturated carbocycles. The molecule has 0 aliphatic carbocycles. The molecule has 17 heavy (non-hydrogen) atoms. The van der Waals surface area contributed by atoms with Crippen molar-refractivity contribution in [2.24, 2.45) is 5.10 Å². The Kier molecular flexibility index (Phi) is 4.96. The Bertz CT molecular complexity index is 446. The number of carbonyl (C=O) groups is 1. The van der Waals surface area contributed by atoms with E-state index in [4.69, 9.17) is 10.5 Å². The van der Waals surface area contributed by atoms with Crippen LogP contribution in [0.5, 0.6) is 0 Å². The number of halogens is 1. The Hall–Kier alpha value is -1.56. The first-order valence-corrected chi connectivity index (χ1v) is 5.86. The molecule has 0 aliphatic rings. The molecule has 0 saturated heterocycles. The van der Waals surface area contributed by atoms with Gasteiger partial charge < -0.3 is 10.5 Å². The molecule has 0 fully saturated rings. The Morgan fingerprint density at radius 1 is 1.59 bits per heavy atom. The van der Waals surface area contributed by atoms with Gasteiger partial charge >= 0.3 is 5.97 Å². The highest BCUT2D eigenvalue weighted by molar-refractivity contribution is 9.10. The van der Waals surface area contributed by atoms with Gasteiger partial charge in [0, 0.05) is 10.2 Å². The van der Waals surface area contributed by atoms with Crippen LogP contribution in [0.2, 0.25) is 0 Å². The lowest BCUT2D eigenvalue weighted by atomic mass is 10.3. The van der Waals surface area contributed by atoms with Gasteiger partial charge in [0.1, 0.15) is 5.71 Å². The average Bonchev–Trinajstić information content (AvgIpc) is 2.27. The highest BCUT2D eigenvalue weighted by atomic mass is 79.9. The van der Waals surface area contributed by atoms with Crippen molar-refractivity contribution in [3.8, 4) is 0 Å². The fourth-order valence-electron chi connectivity index (χ4n) is 1.05. The van der Waals surface area contributed by atoms with Crippen molar-refractivity contribution in [3.63, 3.8) is 0 Å². The van der Waals surface area contributed by atoms with Crippen molar-refractivity contribution in [2.45, 2.75) is 13.8 Å². The minimum absolute atomic E-state index is 0.260. The van der Waals surface area contributed by atoms with E-state index in [-0.39, 0.29) is 5.71 Å². The zero-order valence-corrected chi connectivity index (χ0v) is 11.2. The maximum absolute atomic E-state index is 11.3. The Morgan fingerprint density at radius 2 is 2.29 bits per heavy atom. The number of benzene rings is 1. The molecule has 1 aromatic carbocycles. The summed E-state index contributed by atoms with van der Waals surface area (Å²) in [6.45, 7) is 3.66. The van der Waals surface area contributed by atoms with E-state index in [1.807, 2.05) is 0 Å². The Labute approximate surface area is 108 Å². The third kappa shape index (κ3) is 4.07. The van der Waals surface area contributed by atoms with Crippen LogP contribution in [0.1, 0.15) is 13.8 Å². The van der Waals surface area contributed by atoms with Crippen molar-refractivity contribution < 1.29 is 9.53 Å². The highest BCUT2D eigenvalue weighted by Crippen LogP contribution is 2.24. The number of anilines is 2. The first kappa shape index (κ1) is 13.5. The Balaban J connectivity index is 2.72. The molecule has 3 N–H and O–H groups in total. The molecule has 0 radical (unpaired) electrons. The second kappa shape index (κ2) is 6.24. The van der Waals surface area contributed by atoms with Crippen molar-refractivity contribution >= 4 is 39.0 Å². The third-order valence-corrected chi connectivity index (χ3v) is 2.56. The second-order valence-electron chi connectivity index (χ2n) is 3.27. The molecule has 5 nitrogen and oxygen atoms in total. The molecule has 0 bridgehead atoms. The summed E-state index contributed by atoms with van der Waals surface area (Å²) in [7, 11) is 0. The summed E-state index contributed by atoms with van der Waals surface area (Å²) in [5.41, 5.74) is 10.00. The molecule has 0 unspecified atom stereocenters. The maximum Gasteiger partial charge on any atom is 0.354 e. The molecule has 0 aromatic heterocycles. The summed E-state index contributed by atoms with van der Waals surface area (Å²) < 4.78 is 5.58. The van der Waals surface area contributed by atoms with E-state index in [0.717, 1.165) is 10.2 Å². The molecular formula is C11H14BrN3O2. The summed E-state index contributed by atoms with van der Waals surface area (Å²) in [4.78, 5) is 11.3. The van der Waals surface area contributed by atoms with Gasteiger partial charge in [0.05, 0.1) is 12.3 Å². The monoisotopic (exact) mass is 299 g/mol. The summed E-state index contributed by atoms with van der Waals surface area (Å²) in [5.74, 6) is -0.438. The fourth-order valence-corrected chi connectivity index (χ4v) is 1.53. The number of hydrogen-bond acceptors (Lipinski definition) is 5. The number of ether oxygens (including phenoxy) is 1. The zero-order valence-electron chi connectivity index (χ0n) is 9.66. The quantitative estimate of drug-likeness (QED) is 0.387. The molecule has 0 aliphatic heterocycles. The molecule has 6 heteroatoms. The molecular weight excluding hydrogens is 286 g/mol. The number of nitrogens with two attached hydrogens (primary N) is 1. The predicted octanol–water partition coefficient (Wildman–Crippen LogP) is 2.38. The van der Waals surface area contributed by atoms with E-state index in [0.29, 0.717) is 12.3 Å². The Morgan fingerprint density at radius 3 is 2.88 bits per heavy atom. The van der Waals surface area contributed by atoms with Crippen LogP contribution in [0.15, 0.2) is 27.8 Å². The topological polar surface area (TPSA) is 76.7 Å². The number of hydrazone groups is 1. The molecule has 0 atom stereocenters. The molecule has 0 amide bonds. The standard InChI is InChI=1S/C11H14BrN3O2/c1-3-17-11(16)7(2)14-15-10-5-4-8(13)6-9(10)12/h4-6,15H,3,13H2,1-2H3/b14-7+. The van der Waals surface area contributed by atoms with E-state index in [1.54, 1.807) is 32.0 Å². The summed E-state index contributed by atoms with van der Waals surface area (Å²) in [6.07, 6.45) is 0. The van der Waals surface area contributed by atoms with Crippen LogP contribution in [0.3, 0.4) is 0 Å². The van der Waals surface area contributed by atoms with Gasteiger partial charge in [0.15, 0.2) is 0 Å². The number of nitrogens with one attached hydrogen (secondary N) is 1. The third-order valence-electron chi connectivity index (χ3n) is 1.91. The smallest absolute Gasteiger partial charge is 0.354 e. The molecule has 1 aromatic rings. The summed E-state index contributed by atoms with van der Waals surface area (Å²) in [5, 5.41) is 3.92. The van der Waals surface area contributed by atoms with Gasteiger partial charge in [-0.3, -0.25) is 5.43 Å². The first-order chi connectivity index (χ1) is 8.04. The van der Waals surface area contributed by atoms with Crippen molar-refractivity contribution in [2.75, 3.05) is 17.8 Å². The molecule has 0 heterocycles. The van der Waals surface area contributed by atoms with E-state index in [1.165, 1.54) is 0 Å². The van der Waals surface area contributed by atoms with Crippen LogP contribution in [0.4, 0.5) is 11.4 Å². The van der Waals surface area contributed by atoms with Gasteiger partial charge in [-0.2, -0.15) is 5.10 Å². The number of rotatable bonds is 4. The van der Waals surface area contributed by atoms with Gasteiger partial charge in [-0.1, -0.05) is 0 Å². The van der Waals surface area contributed by atoms with Gasteiger partial charge in [0.2, 0.25) is 0 Å². The minimum atomic E-state index is -0.438. The lowest BCUT2D eigenvalue weighted by Gasteiger charge is -2.05. The van der Waals surface area contributed by atoms with E-state index in [2.05, 4.69) is 26.5 Å². The lowest BCUT2D eigenvalue weighted by Crippen LogP contribution is -2.15. The van der Waals surface area contributed by atoms with Gasteiger partial charge in [-0.05, 0) is 48.0 Å². The van der Waals surface area contributed by atoms with Crippen LogP contribution >= 0.6 is 15.9 Å². The SMILES string of the molecule is CCOC(=O)/C(C)=N/Nc1ccc(N)cc1Br. The van der Waals surface area contributed by atoms with Crippen molar-refractivity contribution in [3.05, 3.63) is 22.7 Å². The van der Waals surface area contributed by atoms with Crippen LogP contribution in [-0.4, -0.2) is 18.3 Å². The first-order valence-electron chi connectivity index (χ1n) is 5.07. The largest absolute Gasteiger partial charge is 0.461 e. The highest BCUT2D eigenvalue weighted by Gasteiger charge is 2.06. The van der Waals surface area contributed by atoms with Crippen molar-refractivity contribution in [1.82, 2.24) is 0 Å². The van der Waals surface area contributed by atoms with Crippen LogP contribution in [0, 0.1) is 0 Å². The minimum Gasteiger partial charge on any atom is -0.461 e. The average molecular weight is 300 g/mol. The number of nitrogens with zero attached hydrogens (tertiary/aromatic N) is 1. The van der Waals surface area contributed by atoms with Crippen LogP contribution in [0.25, 0.3) is 0 Å². The number of nitrogen functional groups attached to an aromatic ring is 1. The molecule has 92 valence electrons. The lowest BCUT2D eigenvalue weighted by molar-refractivity contribution is -0.135. The summed E-state index contributed by atoms with van der Waals surface area (Å²) >= 11 is 3.34. The molecule has 0 spiro atoms. The van der Waals surface area contributed by atoms with Gasteiger partial charge in [-0.15, -0.1) is 0 Å². The van der Waals surface area contributed by atoms with E-state index < -0.39 is 5.97 Å². The van der Waals surface area contributed by atoms with E-state index in [9.17, 15) is 4.79 Å². The fraction of sp³-hybridized carbons (Fsp3) is 0.273. The van der Waals surface area contributed by atoms with E-state index >= 15 is 0 Å². The number of carbonyl (C=O) groups excluding carboxylic acids is 1. The second-order valence-corrected chi connectivity index (χ2v) is 4.12. The number of esters is 1. The predicted molar refractivity (Wildman–Crippen MR) is 71.9 cm³/mol. The maximum atomic E-state index is 11.3. The summed E-state index contributed by atoms with van der Waals surface area (Å²) in [6, 6.07) is 5.25. The van der Waals surface area contributed by atoms with Crippen LogP contribution < -0.4 is 11.2 Å². The zero-order chi connectivity index (χ0) is 12.8. The normalized spacial score (nSPS) is 11.1. The van der Waals surface area contributed by atoms with Crippen LogP contribution in [-0.2, 0) is 9.53 Å². The van der Waals surface area contributed by atoms with Crippen molar-refractivity contribution in [1.29, 1.82) is 0 Å². The van der Waals surface area contributed by atoms with Gasteiger partial charge in [-0.25, -0.2) is 4.79 Å². The number of hydrogen-bond donors (Lipinski definition) is 2. The molecule has 1 rings (SSSR count).